The third-order valence-corrected chi connectivity index (χ3v) is 9.03. The van der Waals surface area contributed by atoms with Gasteiger partial charge in [0.05, 0.1) is 29.4 Å². The zero-order valence-corrected chi connectivity index (χ0v) is 21.9. The van der Waals surface area contributed by atoms with Gasteiger partial charge < -0.3 is 20.1 Å². The molecule has 2 aromatic rings. The van der Waals surface area contributed by atoms with E-state index in [1.165, 1.54) is 30.0 Å². The van der Waals surface area contributed by atoms with E-state index in [2.05, 4.69) is 20.3 Å². The summed E-state index contributed by atoms with van der Waals surface area (Å²) >= 11 is 0. The quantitative estimate of drug-likeness (QED) is 0.480. The zero-order valence-electron chi connectivity index (χ0n) is 21.1. The molecule has 10 nitrogen and oxygen atoms in total. The molecule has 0 amide bonds. The summed E-state index contributed by atoms with van der Waals surface area (Å²) in [7, 11) is 1.12. The number of methoxy groups -OCH3 is 1. The predicted molar refractivity (Wildman–Crippen MR) is 139 cm³/mol. The molecule has 11 heteroatoms. The van der Waals surface area contributed by atoms with Crippen LogP contribution in [0.15, 0.2) is 32.9 Å². The van der Waals surface area contributed by atoms with E-state index in [-0.39, 0.29) is 41.0 Å². The number of nitrogens with one attached hydrogen (secondary N) is 2. The summed E-state index contributed by atoms with van der Waals surface area (Å²) in [4.78, 5) is 25.4. The summed E-state index contributed by atoms with van der Waals surface area (Å²) in [6.45, 7) is 0.523. The van der Waals surface area contributed by atoms with E-state index in [0.717, 1.165) is 31.4 Å². The van der Waals surface area contributed by atoms with E-state index in [9.17, 15) is 18.3 Å². The van der Waals surface area contributed by atoms with Gasteiger partial charge in [-0.2, -0.15) is 4.31 Å². The molecule has 36 heavy (non-hydrogen) atoms. The molecule has 1 saturated carbocycles. The molecule has 2 fully saturated rings. The second kappa shape index (κ2) is 11.1. The minimum absolute atomic E-state index is 0.0880. The molecule has 0 radical (unpaired) electrons. The Morgan fingerprint density at radius 2 is 1.89 bits per heavy atom. The van der Waals surface area contributed by atoms with E-state index in [0.29, 0.717) is 29.8 Å². The first-order valence-electron chi connectivity index (χ1n) is 12.5. The van der Waals surface area contributed by atoms with Crippen LogP contribution in [-0.2, 0) is 10.0 Å². The number of aromatic amines is 1. The van der Waals surface area contributed by atoms with Crippen LogP contribution >= 0.6 is 0 Å². The number of hydrogen-bond donors (Lipinski definition) is 3. The van der Waals surface area contributed by atoms with Crippen LogP contribution in [0.2, 0.25) is 0 Å². The van der Waals surface area contributed by atoms with Crippen molar-refractivity contribution < 1.29 is 18.3 Å². The second-order valence-corrected chi connectivity index (χ2v) is 11.3. The largest absolute Gasteiger partial charge is 0.496 e. The summed E-state index contributed by atoms with van der Waals surface area (Å²) in [5.41, 5.74) is 1.37. The Labute approximate surface area is 211 Å². The predicted octanol–water partition coefficient (Wildman–Crippen LogP) is 2.63. The molecule has 1 saturated heterocycles. The maximum absolute atomic E-state index is 13.3. The summed E-state index contributed by atoms with van der Waals surface area (Å²) < 4.78 is 33.2. The number of H-pyrrole nitrogens is 1. The maximum atomic E-state index is 13.3. The lowest BCUT2D eigenvalue weighted by Crippen LogP contribution is -2.40. The van der Waals surface area contributed by atoms with Crippen molar-refractivity contribution in [1.29, 1.82) is 0 Å². The van der Waals surface area contributed by atoms with Crippen molar-refractivity contribution in [3.63, 3.8) is 0 Å². The van der Waals surface area contributed by atoms with Gasteiger partial charge in [0.25, 0.3) is 5.56 Å². The van der Waals surface area contributed by atoms with Gasteiger partial charge in [0, 0.05) is 39.2 Å². The fourth-order valence-corrected chi connectivity index (χ4v) is 6.64. The molecule has 0 bridgehead atoms. The number of aliphatic imine (C=N–C) groups is 1. The third-order valence-electron chi connectivity index (χ3n) is 7.13. The Balaban J connectivity index is 1.71. The molecule has 3 N–H and O–H groups in total. The van der Waals surface area contributed by atoms with Gasteiger partial charge in [-0.1, -0.05) is 19.3 Å². The first kappa shape index (κ1) is 26.3. The van der Waals surface area contributed by atoms with Gasteiger partial charge in [0.2, 0.25) is 10.0 Å². The monoisotopic (exact) mass is 517 g/mol. The average Bonchev–Trinajstić information content (AvgIpc) is 2.90. The highest BCUT2D eigenvalue weighted by molar-refractivity contribution is 7.89. The van der Waals surface area contributed by atoms with Crippen LogP contribution in [0, 0.1) is 5.92 Å². The van der Waals surface area contributed by atoms with Crippen LogP contribution in [0.3, 0.4) is 0 Å². The average molecular weight is 518 g/mol. The van der Waals surface area contributed by atoms with Crippen molar-refractivity contribution >= 4 is 21.6 Å². The number of aliphatic hydroxyl groups excluding tert-OH is 1. The molecule has 0 spiro atoms. The van der Waals surface area contributed by atoms with Gasteiger partial charge in [-0.25, -0.2) is 13.4 Å². The van der Waals surface area contributed by atoms with E-state index in [1.807, 2.05) is 0 Å². The smallest absolute Gasteiger partial charge is 0.262 e. The van der Waals surface area contributed by atoms with Gasteiger partial charge in [0.15, 0.2) is 0 Å². The van der Waals surface area contributed by atoms with Crippen LogP contribution in [0.4, 0.5) is 5.82 Å². The number of anilines is 1. The Morgan fingerprint density at radius 3 is 2.50 bits per heavy atom. The summed E-state index contributed by atoms with van der Waals surface area (Å²) in [5, 5.41) is 12.8. The third kappa shape index (κ3) is 5.18. The number of aromatic nitrogens is 2. The molecule has 196 valence electrons. The van der Waals surface area contributed by atoms with Crippen LogP contribution in [0.25, 0.3) is 11.4 Å². The molecule has 0 unspecified atom stereocenters. The lowest BCUT2D eigenvalue weighted by Gasteiger charge is -2.28. The number of hydrogen-bond acceptors (Lipinski definition) is 8. The van der Waals surface area contributed by atoms with Crippen molar-refractivity contribution in [3.8, 4) is 17.1 Å². The van der Waals surface area contributed by atoms with E-state index in [4.69, 9.17) is 4.74 Å². The highest BCUT2D eigenvalue weighted by Gasteiger charge is 2.30. The standard InChI is InChI=1S/C25H35N5O5S/c1-26-22(16-7-5-4-6-8-16)21-24(27-2)28-23(29-25(21)32)19-10-9-18(15-20(19)35-3)36(33,34)30-13-11-17(31)12-14-30/h9-10,15-17,31H,4-8,11-14H2,1-3H3,(H2,27,28,29,32)/b26-22-. The molecular weight excluding hydrogens is 482 g/mol. The summed E-state index contributed by atoms with van der Waals surface area (Å²) in [6.07, 6.45) is 5.76. The molecule has 1 aromatic heterocycles. The van der Waals surface area contributed by atoms with Crippen LogP contribution in [0.5, 0.6) is 5.75 Å². The van der Waals surface area contributed by atoms with Crippen LogP contribution < -0.4 is 15.6 Å². The molecule has 0 atom stereocenters. The number of piperidine rings is 1. The molecule has 1 aromatic carbocycles. The normalized spacial score (nSPS) is 18.8. The van der Waals surface area contributed by atoms with E-state index < -0.39 is 16.1 Å². The fraction of sp³-hybridized carbons (Fsp3) is 0.560. The number of sulfonamides is 1. The highest BCUT2D eigenvalue weighted by atomic mass is 32.2. The molecule has 2 aliphatic rings. The van der Waals surface area contributed by atoms with Crippen molar-refractivity contribution in [2.24, 2.45) is 10.9 Å². The zero-order chi connectivity index (χ0) is 25.9. The first-order chi connectivity index (χ1) is 17.3. The number of rotatable bonds is 7. The molecule has 4 rings (SSSR count). The Morgan fingerprint density at radius 1 is 1.19 bits per heavy atom. The maximum Gasteiger partial charge on any atom is 0.262 e. The van der Waals surface area contributed by atoms with Gasteiger partial charge in [-0.05, 0) is 37.8 Å². The minimum atomic E-state index is -3.75. The van der Waals surface area contributed by atoms with Crippen molar-refractivity contribution in [1.82, 2.24) is 14.3 Å². The van der Waals surface area contributed by atoms with Crippen molar-refractivity contribution in [2.75, 3.05) is 39.6 Å². The van der Waals surface area contributed by atoms with Crippen molar-refractivity contribution in [3.05, 3.63) is 34.1 Å². The van der Waals surface area contributed by atoms with E-state index >= 15 is 0 Å². The number of aliphatic hydroxyl groups is 1. The fourth-order valence-electron chi connectivity index (χ4n) is 5.15. The SMILES string of the molecule is C/N=C(\c1c(NC)nc(-c2ccc(S(=O)(=O)N3CCC(O)CC3)cc2OC)[nH]c1=O)C1CCCCC1. The van der Waals surface area contributed by atoms with Gasteiger partial charge in [-0.3, -0.25) is 9.79 Å². The Bertz CT molecular complexity index is 1280. The lowest BCUT2D eigenvalue weighted by atomic mass is 9.83. The topological polar surface area (TPSA) is 137 Å². The van der Waals surface area contributed by atoms with E-state index in [1.54, 1.807) is 20.2 Å². The lowest BCUT2D eigenvalue weighted by molar-refractivity contribution is 0.113. The summed E-state index contributed by atoms with van der Waals surface area (Å²) in [6, 6.07) is 4.54. The number of benzene rings is 1. The second-order valence-electron chi connectivity index (χ2n) is 9.33. The number of ether oxygens (including phenoxy) is 1. The molecular formula is C25H35N5O5S. The molecule has 1 aliphatic carbocycles. The van der Waals surface area contributed by atoms with Crippen molar-refractivity contribution in [2.45, 2.75) is 55.9 Å². The first-order valence-corrected chi connectivity index (χ1v) is 13.9. The highest BCUT2D eigenvalue weighted by Crippen LogP contribution is 2.33. The van der Waals surface area contributed by atoms with Crippen LogP contribution in [0.1, 0.15) is 50.5 Å². The van der Waals surface area contributed by atoms with Gasteiger partial charge >= 0.3 is 0 Å². The van der Waals surface area contributed by atoms with Gasteiger partial charge in [-0.15, -0.1) is 0 Å². The Hall–Kier alpha value is -2.76. The van der Waals surface area contributed by atoms with Crippen LogP contribution in [-0.4, -0.2) is 73.9 Å². The molecule has 2 heterocycles. The number of nitrogens with zero attached hydrogens (tertiary/aromatic N) is 3. The minimum Gasteiger partial charge on any atom is -0.496 e. The van der Waals surface area contributed by atoms with Gasteiger partial charge in [0.1, 0.15) is 23.0 Å². The Kier molecular flexibility index (Phi) is 8.11. The molecule has 1 aliphatic heterocycles. The summed E-state index contributed by atoms with van der Waals surface area (Å²) in [5.74, 6) is 1.20.